The fraction of sp³-hybridized carbons (Fsp3) is 0.900. The molecule has 0 radical (unpaired) electrons. The lowest BCUT2D eigenvalue weighted by atomic mass is 10.3. The third-order valence-electron chi connectivity index (χ3n) is 2.06. The maximum Gasteiger partial charge on any atom is 0.172 e. The smallest absolute Gasteiger partial charge is 0.172 e. The van der Waals surface area contributed by atoms with Gasteiger partial charge in [0.25, 0.3) is 0 Å². The summed E-state index contributed by atoms with van der Waals surface area (Å²) >= 11 is 0. The first-order valence-electron chi connectivity index (χ1n) is 5.13. The first kappa shape index (κ1) is 10.7. The van der Waals surface area contributed by atoms with Crippen LogP contribution in [0.3, 0.4) is 0 Å². The lowest BCUT2D eigenvalue weighted by molar-refractivity contribution is -0.122. The van der Waals surface area contributed by atoms with Crippen LogP contribution < -0.4 is 5.32 Å². The van der Waals surface area contributed by atoms with Gasteiger partial charge in [-0.1, -0.05) is 6.92 Å². The van der Waals surface area contributed by atoms with Crippen LogP contribution in [0.5, 0.6) is 0 Å². The van der Waals surface area contributed by atoms with Crippen molar-refractivity contribution in [2.24, 2.45) is 5.92 Å². The normalized spacial score (nSPS) is 16.1. The van der Waals surface area contributed by atoms with Gasteiger partial charge in [-0.05, 0) is 31.7 Å². The molecule has 0 aliphatic heterocycles. The van der Waals surface area contributed by atoms with Crippen LogP contribution in [-0.2, 0) is 9.53 Å². The molecule has 1 saturated carbocycles. The minimum Gasteiger partial charge on any atom is -0.374 e. The summed E-state index contributed by atoms with van der Waals surface area (Å²) in [5.74, 6) is 0.999. The summed E-state index contributed by atoms with van der Waals surface area (Å²) in [7, 11) is 0. The first-order valence-corrected chi connectivity index (χ1v) is 5.13. The summed E-state index contributed by atoms with van der Waals surface area (Å²) in [6.45, 7) is 4.47. The highest BCUT2D eigenvalue weighted by atomic mass is 16.5. The molecule has 0 bridgehead atoms. The molecule has 0 aromatic carbocycles. The van der Waals surface area contributed by atoms with E-state index in [9.17, 15) is 4.79 Å². The van der Waals surface area contributed by atoms with E-state index in [1.54, 1.807) is 0 Å². The molecule has 1 N–H and O–H groups in total. The van der Waals surface area contributed by atoms with E-state index in [1.165, 1.54) is 12.8 Å². The molecule has 0 spiro atoms. The highest BCUT2D eigenvalue weighted by Gasteiger charge is 2.20. The lowest BCUT2D eigenvalue weighted by Crippen LogP contribution is -2.27. The predicted molar refractivity (Wildman–Crippen MR) is 51.7 cm³/mol. The molecule has 1 aliphatic carbocycles. The zero-order chi connectivity index (χ0) is 9.52. The average Bonchev–Trinajstić information content (AvgIpc) is 2.89. The summed E-state index contributed by atoms with van der Waals surface area (Å²) in [6.07, 6.45) is 3.63. The fourth-order valence-electron chi connectivity index (χ4n) is 1.12. The SMILES string of the molecule is CCCOCC(=O)CNCC1CC1. The van der Waals surface area contributed by atoms with Gasteiger partial charge in [0.15, 0.2) is 5.78 Å². The van der Waals surface area contributed by atoms with Gasteiger partial charge in [0.1, 0.15) is 6.61 Å². The second kappa shape index (κ2) is 6.11. The van der Waals surface area contributed by atoms with E-state index in [-0.39, 0.29) is 12.4 Å². The van der Waals surface area contributed by atoms with Crippen molar-refractivity contribution in [1.82, 2.24) is 5.32 Å². The molecule has 1 rings (SSSR count). The maximum absolute atomic E-state index is 11.1. The molecule has 0 aromatic rings. The summed E-state index contributed by atoms with van der Waals surface area (Å²) in [5, 5.41) is 3.14. The number of ether oxygens (including phenoxy) is 1. The van der Waals surface area contributed by atoms with Crippen LogP contribution in [0.15, 0.2) is 0 Å². The van der Waals surface area contributed by atoms with E-state index in [1.807, 2.05) is 6.92 Å². The van der Waals surface area contributed by atoms with Crippen LogP contribution in [0, 0.1) is 5.92 Å². The van der Waals surface area contributed by atoms with Gasteiger partial charge in [0, 0.05) is 6.61 Å². The molecular formula is C10H19NO2. The van der Waals surface area contributed by atoms with E-state index >= 15 is 0 Å². The van der Waals surface area contributed by atoms with Crippen LogP contribution in [0.2, 0.25) is 0 Å². The van der Waals surface area contributed by atoms with Gasteiger partial charge in [-0.15, -0.1) is 0 Å². The second-order valence-electron chi connectivity index (χ2n) is 3.67. The Hall–Kier alpha value is -0.410. The molecule has 3 heteroatoms. The monoisotopic (exact) mass is 185 g/mol. The number of ketones is 1. The van der Waals surface area contributed by atoms with Crippen LogP contribution in [0.1, 0.15) is 26.2 Å². The van der Waals surface area contributed by atoms with Gasteiger partial charge in [0.05, 0.1) is 6.54 Å². The minimum absolute atomic E-state index is 0.161. The Labute approximate surface area is 79.8 Å². The summed E-state index contributed by atoms with van der Waals surface area (Å²) in [5.41, 5.74) is 0. The highest BCUT2D eigenvalue weighted by Crippen LogP contribution is 2.27. The second-order valence-corrected chi connectivity index (χ2v) is 3.67. The van der Waals surface area contributed by atoms with Crippen molar-refractivity contribution >= 4 is 5.78 Å². The maximum atomic E-state index is 11.1. The quantitative estimate of drug-likeness (QED) is 0.573. The number of hydrogen-bond donors (Lipinski definition) is 1. The van der Waals surface area contributed by atoms with Crippen LogP contribution in [0.4, 0.5) is 0 Å². The van der Waals surface area contributed by atoms with E-state index in [2.05, 4.69) is 5.32 Å². The van der Waals surface area contributed by atoms with Crippen LogP contribution in [-0.4, -0.2) is 32.1 Å². The van der Waals surface area contributed by atoms with Crippen molar-refractivity contribution in [2.45, 2.75) is 26.2 Å². The molecule has 0 aromatic heterocycles. The van der Waals surface area contributed by atoms with Gasteiger partial charge in [-0.3, -0.25) is 4.79 Å². The van der Waals surface area contributed by atoms with Crippen molar-refractivity contribution in [3.8, 4) is 0 Å². The first-order chi connectivity index (χ1) is 6.33. The molecule has 0 atom stereocenters. The number of carbonyl (C=O) groups excluding carboxylic acids is 1. The molecule has 76 valence electrons. The highest BCUT2D eigenvalue weighted by molar-refractivity contribution is 5.81. The number of nitrogens with one attached hydrogen (secondary N) is 1. The molecule has 13 heavy (non-hydrogen) atoms. The van der Waals surface area contributed by atoms with Crippen molar-refractivity contribution in [3.63, 3.8) is 0 Å². The number of carbonyl (C=O) groups is 1. The molecular weight excluding hydrogens is 166 g/mol. The third-order valence-corrected chi connectivity index (χ3v) is 2.06. The summed E-state index contributed by atoms with van der Waals surface area (Å²) in [6, 6.07) is 0. The zero-order valence-corrected chi connectivity index (χ0v) is 8.34. The van der Waals surface area contributed by atoms with E-state index in [0.29, 0.717) is 13.2 Å². The lowest BCUT2D eigenvalue weighted by Gasteiger charge is -2.03. The number of Topliss-reactive ketones (excluding diaryl/α,β-unsaturated/α-hetero) is 1. The van der Waals surface area contributed by atoms with Gasteiger partial charge < -0.3 is 10.1 Å². The number of hydrogen-bond acceptors (Lipinski definition) is 3. The van der Waals surface area contributed by atoms with Gasteiger partial charge in [-0.25, -0.2) is 0 Å². The standard InChI is InChI=1S/C10H19NO2/c1-2-5-13-8-10(12)7-11-6-9-3-4-9/h9,11H,2-8H2,1H3. The van der Waals surface area contributed by atoms with Crippen molar-refractivity contribution in [3.05, 3.63) is 0 Å². The summed E-state index contributed by atoms with van der Waals surface area (Å²) < 4.78 is 5.13. The molecule has 1 aliphatic rings. The molecule has 0 amide bonds. The Balaban J connectivity index is 1.84. The summed E-state index contributed by atoms with van der Waals surface area (Å²) in [4.78, 5) is 11.1. The van der Waals surface area contributed by atoms with Crippen molar-refractivity contribution in [2.75, 3.05) is 26.3 Å². The molecule has 3 nitrogen and oxygen atoms in total. The van der Waals surface area contributed by atoms with E-state index < -0.39 is 0 Å². The van der Waals surface area contributed by atoms with Crippen molar-refractivity contribution < 1.29 is 9.53 Å². The Morgan fingerprint density at radius 3 is 2.92 bits per heavy atom. The molecule has 1 fully saturated rings. The van der Waals surface area contributed by atoms with Gasteiger partial charge in [-0.2, -0.15) is 0 Å². The molecule has 0 heterocycles. The third kappa shape index (κ3) is 5.77. The van der Waals surface area contributed by atoms with Gasteiger partial charge >= 0.3 is 0 Å². The Morgan fingerprint density at radius 2 is 2.31 bits per heavy atom. The fourth-order valence-corrected chi connectivity index (χ4v) is 1.12. The van der Waals surface area contributed by atoms with Gasteiger partial charge in [0.2, 0.25) is 0 Å². The molecule has 0 unspecified atom stereocenters. The van der Waals surface area contributed by atoms with Crippen molar-refractivity contribution in [1.29, 1.82) is 0 Å². The average molecular weight is 185 g/mol. The predicted octanol–water partition coefficient (Wildman–Crippen LogP) is 0.982. The largest absolute Gasteiger partial charge is 0.374 e. The Morgan fingerprint density at radius 1 is 1.54 bits per heavy atom. The van der Waals surface area contributed by atoms with E-state index in [0.717, 1.165) is 18.9 Å². The van der Waals surface area contributed by atoms with Crippen LogP contribution >= 0.6 is 0 Å². The van der Waals surface area contributed by atoms with E-state index in [4.69, 9.17) is 4.74 Å². The molecule has 0 saturated heterocycles. The number of rotatable bonds is 8. The topological polar surface area (TPSA) is 38.3 Å². The Kier molecular flexibility index (Phi) is 5.01. The van der Waals surface area contributed by atoms with Crippen LogP contribution in [0.25, 0.3) is 0 Å². The minimum atomic E-state index is 0.161. The zero-order valence-electron chi connectivity index (χ0n) is 8.34. The Bertz CT molecular complexity index is 155.